The van der Waals surface area contributed by atoms with Crippen LogP contribution in [0.1, 0.15) is 23.7 Å². The second kappa shape index (κ2) is 7.84. The van der Waals surface area contributed by atoms with Gasteiger partial charge in [-0.25, -0.2) is 15.4 Å². The number of pyridine rings is 3. The Hall–Kier alpha value is -2.32. The van der Waals surface area contributed by atoms with Crippen LogP contribution in [0.5, 0.6) is 0 Å². The molecule has 5 rings (SSSR count). The van der Waals surface area contributed by atoms with Gasteiger partial charge in [0.15, 0.2) is 0 Å². The molecule has 0 spiro atoms. The number of hydrogen-bond acceptors (Lipinski definition) is 7. The van der Waals surface area contributed by atoms with Gasteiger partial charge in [-0.1, -0.05) is 11.6 Å². The minimum absolute atomic E-state index is 0.130. The second-order valence-corrected chi connectivity index (χ2v) is 7.84. The average Bonchev–Trinajstić information content (AvgIpc) is 3.29. The van der Waals surface area contributed by atoms with E-state index in [1.54, 1.807) is 6.20 Å². The number of aryl methyl sites for hydroxylation is 1. The third-order valence-corrected chi connectivity index (χ3v) is 5.81. The van der Waals surface area contributed by atoms with Crippen LogP contribution in [-0.2, 0) is 4.74 Å². The van der Waals surface area contributed by atoms with Crippen molar-refractivity contribution in [3.05, 3.63) is 47.0 Å². The second-order valence-electron chi connectivity index (χ2n) is 7.48. The van der Waals surface area contributed by atoms with Gasteiger partial charge < -0.3 is 9.64 Å². The molecule has 2 fully saturated rings. The van der Waals surface area contributed by atoms with E-state index < -0.39 is 0 Å². The first-order valence-electron chi connectivity index (χ1n) is 9.94. The molecule has 7 nitrogen and oxygen atoms in total. The van der Waals surface area contributed by atoms with E-state index >= 15 is 0 Å². The maximum absolute atomic E-state index is 6.53. The van der Waals surface area contributed by atoms with Gasteiger partial charge in [-0.15, -0.1) is 0 Å². The lowest BCUT2D eigenvalue weighted by Crippen LogP contribution is -2.36. The fourth-order valence-electron chi connectivity index (χ4n) is 4.02. The van der Waals surface area contributed by atoms with Crippen molar-refractivity contribution in [1.82, 2.24) is 25.8 Å². The highest BCUT2D eigenvalue weighted by Gasteiger charge is 2.24. The molecule has 0 aliphatic carbocycles. The van der Waals surface area contributed by atoms with Crippen molar-refractivity contribution in [1.29, 1.82) is 0 Å². The molecule has 8 heteroatoms. The molecule has 29 heavy (non-hydrogen) atoms. The standard InChI is InChI=1S/C21H23ClN6O/c1-13-10-16(21(22)24-12-13)15-11-18(28-6-8-29-9-7-28)26-19-14(15)2-4-23-20(19)17-3-5-25-27-17/h2,4,10-12,17,25,27H,3,5-9H2,1H3. The molecule has 1 atom stereocenters. The van der Waals surface area contributed by atoms with E-state index in [0.29, 0.717) is 18.4 Å². The Bertz CT molecular complexity index is 1050. The quantitative estimate of drug-likeness (QED) is 0.643. The monoisotopic (exact) mass is 410 g/mol. The molecule has 3 aromatic heterocycles. The van der Waals surface area contributed by atoms with Gasteiger partial charge in [0.05, 0.1) is 30.5 Å². The van der Waals surface area contributed by atoms with Crippen LogP contribution in [0.15, 0.2) is 30.6 Å². The molecule has 1 unspecified atom stereocenters. The van der Waals surface area contributed by atoms with Gasteiger partial charge in [0.2, 0.25) is 0 Å². The molecule has 2 saturated heterocycles. The average molecular weight is 411 g/mol. The topological polar surface area (TPSA) is 75.2 Å². The summed E-state index contributed by atoms with van der Waals surface area (Å²) in [4.78, 5) is 16.4. The summed E-state index contributed by atoms with van der Waals surface area (Å²) in [5, 5.41) is 1.53. The van der Waals surface area contributed by atoms with Crippen molar-refractivity contribution in [2.45, 2.75) is 19.4 Å². The molecule has 2 N–H and O–H groups in total. The van der Waals surface area contributed by atoms with Crippen LogP contribution < -0.4 is 15.8 Å². The van der Waals surface area contributed by atoms with Crippen molar-refractivity contribution in [3.8, 4) is 11.1 Å². The Morgan fingerprint density at radius 3 is 2.83 bits per heavy atom. The van der Waals surface area contributed by atoms with Crippen molar-refractivity contribution >= 4 is 28.3 Å². The summed E-state index contributed by atoms with van der Waals surface area (Å²) in [5.41, 5.74) is 11.4. The maximum atomic E-state index is 6.53. The lowest BCUT2D eigenvalue weighted by Gasteiger charge is -2.29. The van der Waals surface area contributed by atoms with E-state index in [-0.39, 0.29) is 6.04 Å². The van der Waals surface area contributed by atoms with Crippen LogP contribution in [-0.4, -0.2) is 47.8 Å². The molecular formula is C21H23ClN6O. The maximum Gasteiger partial charge on any atom is 0.136 e. The molecule has 150 valence electrons. The van der Waals surface area contributed by atoms with Crippen LogP contribution in [0.2, 0.25) is 5.15 Å². The molecule has 0 radical (unpaired) electrons. The number of fused-ring (bicyclic) bond motifs is 1. The highest BCUT2D eigenvalue weighted by Crippen LogP contribution is 2.37. The Labute approximate surface area is 174 Å². The van der Waals surface area contributed by atoms with Gasteiger partial charge in [-0.2, -0.15) is 0 Å². The molecule has 2 aliphatic heterocycles. The molecule has 2 aliphatic rings. The predicted molar refractivity (Wildman–Crippen MR) is 114 cm³/mol. The number of ether oxygens (including phenoxy) is 1. The summed E-state index contributed by atoms with van der Waals surface area (Å²) in [6, 6.07) is 6.36. The number of anilines is 1. The number of nitrogens with one attached hydrogen (secondary N) is 2. The Balaban J connectivity index is 1.75. The fourth-order valence-corrected chi connectivity index (χ4v) is 4.23. The fraction of sp³-hybridized carbons (Fsp3) is 0.381. The molecule has 0 aromatic carbocycles. The zero-order valence-electron chi connectivity index (χ0n) is 16.3. The highest BCUT2D eigenvalue weighted by atomic mass is 35.5. The van der Waals surface area contributed by atoms with Crippen molar-refractivity contribution in [2.24, 2.45) is 0 Å². The summed E-state index contributed by atoms with van der Waals surface area (Å²) in [7, 11) is 0. The summed E-state index contributed by atoms with van der Waals surface area (Å²) < 4.78 is 5.53. The normalized spacial score (nSPS) is 19.8. The Morgan fingerprint density at radius 1 is 1.17 bits per heavy atom. The first-order chi connectivity index (χ1) is 14.2. The van der Waals surface area contributed by atoms with E-state index in [1.807, 2.05) is 19.2 Å². The molecule has 0 saturated carbocycles. The number of halogens is 1. The van der Waals surface area contributed by atoms with Crippen LogP contribution in [0.3, 0.4) is 0 Å². The number of morpholine rings is 1. The van der Waals surface area contributed by atoms with Crippen LogP contribution >= 0.6 is 11.6 Å². The van der Waals surface area contributed by atoms with Gasteiger partial charge in [0.25, 0.3) is 0 Å². The summed E-state index contributed by atoms with van der Waals surface area (Å²) >= 11 is 6.53. The van der Waals surface area contributed by atoms with E-state index in [1.165, 1.54) is 0 Å². The first-order valence-corrected chi connectivity index (χ1v) is 10.3. The largest absolute Gasteiger partial charge is 0.378 e. The minimum Gasteiger partial charge on any atom is -0.378 e. The van der Waals surface area contributed by atoms with Gasteiger partial charge in [-0.05, 0) is 42.7 Å². The number of hydrazine groups is 1. The van der Waals surface area contributed by atoms with E-state index in [0.717, 1.165) is 65.2 Å². The smallest absolute Gasteiger partial charge is 0.136 e. The van der Waals surface area contributed by atoms with Crippen molar-refractivity contribution in [3.63, 3.8) is 0 Å². The SMILES string of the molecule is Cc1cnc(Cl)c(-c2cc(N3CCOCC3)nc3c(C4CCNN4)nccc23)c1. The van der Waals surface area contributed by atoms with E-state index in [9.17, 15) is 0 Å². The number of hydrogen-bond donors (Lipinski definition) is 2. The summed E-state index contributed by atoms with van der Waals surface area (Å²) in [6.45, 7) is 5.98. The number of rotatable bonds is 3. The molecular weight excluding hydrogens is 388 g/mol. The van der Waals surface area contributed by atoms with E-state index in [2.05, 4.69) is 32.9 Å². The number of aromatic nitrogens is 3. The molecule has 5 heterocycles. The zero-order chi connectivity index (χ0) is 19.8. The predicted octanol–water partition coefficient (Wildman–Crippen LogP) is 3.03. The molecule has 0 bridgehead atoms. The lowest BCUT2D eigenvalue weighted by atomic mass is 9.99. The van der Waals surface area contributed by atoms with Gasteiger partial charge in [0.1, 0.15) is 11.0 Å². The number of nitrogens with zero attached hydrogens (tertiary/aromatic N) is 4. The molecule has 0 amide bonds. The molecule has 3 aromatic rings. The minimum atomic E-state index is 0.130. The van der Waals surface area contributed by atoms with Crippen LogP contribution in [0.25, 0.3) is 22.0 Å². The van der Waals surface area contributed by atoms with Gasteiger partial charge >= 0.3 is 0 Å². The summed E-state index contributed by atoms with van der Waals surface area (Å²) in [6.07, 6.45) is 4.62. The van der Waals surface area contributed by atoms with Crippen LogP contribution in [0, 0.1) is 6.92 Å². The third-order valence-electron chi connectivity index (χ3n) is 5.51. The van der Waals surface area contributed by atoms with E-state index in [4.69, 9.17) is 26.3 Å². The Kier molecular flexibility index (Phi) is 5.05. The highest BCUT2D eigenvalue weighted by molar-refractivity contribution is 6.32. The van der Waals surface area contributed by atoms with Gasteiger partial charge in [-0.3, -0.25) is 10.4 Å². The first kappa shape index (κ1) is 18.7. The zero-order valence-corrected chi connectivity index (χ0v) is 17.0. The summed E-state index contributed by atoms with van der Waals surface area (Å²) in [5.74, 6) is 0.925. The van der Waals surface area contributed by atoms with Crippen molar-refractivity contribution in [2.75, 3.05) is 37.7 Å². The lowest BCUT2D eigenvalue weighted by molar-refractivity contribution is 0.122. The Morgan fingerprint density at radius 2 is 2.03 bits per heavy atom. The third kappa shape index (κ3) is 3.55. The van der Waals surface area contributed by atoms with Crippen LogP contribution in [0.4, 0.5) is 5.82 Å². The van der Waals surface area contributed by atoms with Crippen molar-refractivity contribution < 1.29 is 4.74 Å². The van der Waals surface area contributed by atoms with Gasteiger partial charge in [0, 0.05) is 43.0 Å².